The Hall–Kier alpha value is -2.40. The summed E-state index contributed by atoms with van der Waals surface area (Å²) < 4.78 is 18.6. The van der Waals surface area contributed by atoms with Gasteiger partial charge in [0.25, 0.3) is 5.91 Å². The largest absolute Gasteiger partial charge is 0.484 e. The van der Waals surface area contributed by atoms with Gasteiger partial charge in [-0.05, 0) is 36.8 Å². The maximum Gasteiger partial charge on any atom is 0.260 e. The van der Waals surface area contributed by atoms with E-state index in [1.54, 1.807) is 0 Å². The Kier molecular flexibility index (Phi) is 5.66. The second-order valence-electron chi connectivity index (χ2n) is 6.40. The fraction of sp³-hybridized carbons (Fsp3) is 0.350. The number of carbonyl (C=O) groups excluding carboxylic acids is 1. The van der Waals surface area contributed by atoms with Crippen LogP contribution in [0.4, 0.5) is 4.39 Å². The van der Waals surface area contributed by atoms with Crippen molar-refractivity contribution in [2.45, 2.75) is 19.5 Å². The van der Waals surface area contributed by atoms with Crippen LogP contribution in [-0.2, 0) is 11.3 Å². The molecule has 3 rings (SSSR count). The highest BCUT2D eigenvalue weighted by Gasteiger charge is 2.27. The molecule has 0 saturated carbocycles. The van der Waals surface area contributed by atoms with Crippen LogP contribution in [-0.4, -0.2) is 48.0 Å². The lowest BCUT2D eigenvalue weighted by atomic mass is 10.1. The smallest absolute Gasteiger partial charge is 0.260 e. The van der Waals surface area contributed by atoms with Crippen molar-refractivity contribution in [1.82, 2.24) is 9.80 Å². The van der Waals surface area contributed by atoms with Gasteiger partial charge in [-0.15, -0.1) is 0 Å². The highest BCUT2D eigenvalue weighted by molar-refractivity contribution is 5.78. The van der Waals surface area contributed by atoms with Crippen molar-refractivity contribution in [3.8, 4) is 5.75 Å². The lowest BCUT2D eigenvalue weighted by Gasteiger charge is -2.39. The maximum absolute atomic E-state index is 13.0. The van der Waals surface area contributed by atoms with Crippen molar-refractivity contribution >= 4 is 5.91 Å². The Morgan fingerprint density at radius 1 is 1.12 bits per heavy atom. The van der Waals surface area contributed by atoms with E-state index >= 15 is 0 Å². The van der Waals surface area contributed by atoms with Gasteiger partial charge in [-0.1, -0.05) is 30.3 Å². The molecule has 5 heteroatoms. The van der Waals surface area contributed by atoms with E-state index in [9.17, 15) is 9.18 Å². The molecular formula is C20H23FN2O2. The molecule has 1 unspecified atom stereocenters. The molecule has 0 aromatic heterocycles. The number of halogens is 1. The van der Waals surface area contributed by atoms with E-state index in [0.717, 1.165) is 25.2 Å². The third-order valence-electron chi connectivity index (χ3n) is 4.46. The highest BCUT2D eigenvalue weighted by atomic mass is 19.1. The van der Waals surface area contributed by atoms with E-state index in [4.69, 9.17) is 4.74 Å². The number of rotatable bonds is 5. The number of hydrogen-bond donors (Lipinski definition) is 0. The first-order chi connectivity index (χ1) is 12.1. The topological polar surface area (TPSA) is 32.8 Å². The zero-order chi connectivity index (χ0) is 17.6. The second-order valence-corrected chi connectivity index (χ2v) is 6.40. The molecule has 1 atom stereocenters. The summed E-state index contributed by atoms with van der Waals surface area (Å²) >= 11 is 0. The Morgan fingerprint density at radius 2 is 1.84 bits per heavy atom. The molecule has 1 aliphatic heterocycles. The standard InChI is InChI=1S/C20H23FN2O2/c1-16-13-22(14-17-7-9-18(21)10-8-17)11-12-23(16)20(24)15-25-19-5-3-2-4-6-19/h2-10,16H,11-15H2,1H3. The highest BCUT2D eigenvalue weighted by Crippen LogP contribution is 2.15. The molecule has 1 fully saturated rings. The number of piperazine rings is 1. The Balaban J connectivity index is 1.49. The zero-order valence-electron chi connectivity index (χ0n) is 14.4. The van der Waals surface area contributed by atoms with E-state index < -0.39 is 0 Å². The summed E-state index contributed by atoms with van der Waals surface area (Å²) in [6, 6.07) is 16.1. The second kappa shape index (κ2) is 8.12. The lowest BCUT2D eigenvalue weighted by molar-refractivity contribution is -0.138. The van der Waals surface area contributed by atoms with Gasteiger partial charge in [-0.2, -0.15) is 0 Å². The summed E-state index contributed by atoms with van der Waals surface area (Å²) in [4.78, 5) is 16.6. The van der Waals surface area contributed by atoms with E-state index in [1.807, 2.05) is 47.4 Å². The third kappa shape index (κ3) is 4.79. The number of ether oxygens (including phenoxy) is 1. The van der Waals surface area contributed by atoms with Crippen molar-refractivity contribution in [1.29, 1.82) is 0 Å². The average Bonchev–Trinajstić information content (AvgIpc) is 2.63. The minimum absolute atomic E-state index is 0.0118. The number of para-hydroxylation sites is 1. The number of hydrogen-bond acceptors (Lipinski definition) is 3. The van der Waals surface area contributed by atoms with Gasteiger partial charge in [-0.25, -0.2) is 4.39 Å². The summed E-state index contributed by atoms with van der Waals surface area (Å²) in [5, 5.41) is 0. The van der Waals surface area contributed by atoms with E-state index in [2.05, 4.69) is 11.8 Å². The quantitative estimate of drug-likeness (QED) is 0.838. The van der Waals surface area contributed by atoms with Gasteiger partial charge in [-0.3, -0.25) is 9.69 Å². The van der Waals surface area contributed by atoms with Crippen molar-refractivity contribution in [2.75, 3.05) is 26.2 Å². The van der Waals surface area contributed by atoms with Crippen LogP contribution < -0.4 is 4.74 Å². The minimum atomic E-state index is -0.217. The molecule has 0 aliphatic carbocycles. The van der Waals surface area contributed by atoms with Crippen LogP contribution in [0.3, 0.4) is 0 Å². The monoisotopic (exact) mass is 342 g/mol. The maximum atomic E-state index is 13.0. The number of benzene rings is 2. The molecule has 4 nitrogen and oxygen atoms in total. The van der Waals surface area contributed by atoms with Crippen molar-refractivity contribution in [3.63, 3.8) is 0 Å². The molecule has 0 bridgehead atoms. The minimum Gasteiger partial charge on any atom is -0.484 e. The van der Waals surface area contributed by atoms with Crippen LogP contribution in [0.2, 0.25) is 0 Å². The summed E-state index contributed by atoms with van der Waals surface area (Å²) in [6.45, 7) is 5.17. The Labute approximate surface area is 147 Å². The first kappa shape index (κ1) is 17.4. The Morgan fingerprint density at radius 3 is 2.52 bits per heavy atom. The molecule has 132 valence electrons. The summed E-state index contributed by atoms with van der Waals surface area (Å²) in [5.41, 5.74) is 1.08. The molecule has 1 aliphatic rings. The molecule has 2 aromatic carbocycles. The molecule has 0 N–H and O–H groups in total. The fourth-order valence-electron chi connectivity index (χ4n) is 3.14. The lowest BCUT2D eigenvalue weighted by Crippen LogP contribution is -2.54. The summed E-state index contributed by atoms with van der Waals surface area (Å²) in [5.74, 6) is 0.502. The van der Waals surface area contributed by atoms with Crippen molar-refractivity contribution < 1.29 is 13.9 Å². The molecule has 25 heavy (non-hydrogen) atoms. The van der Waals surface area contributed by atoms with Crippen LogP contribution in [0.1, 0.15) is 12.5 Å². The average molecular weight is 342 g/mol. The molecule has 1 saturated heterocycles. The number of nitrogens with zero attached hydrogens (tertiary/aromatic N) is 2. The van der Waals surface area contributed by atoms with E-state index in [1.165, 1.54) is 12.1 Å². The third-order valence-corrected chi connectivity index (χ3v) is 4.46. The van der Waals surface area contributed by atoms with Crippen molar-refractivity contribution in [2.24, 2.45) is 0 Å². The van der Waals surface area contributed by atoms with Gasteiger partial charge in [0.2, 0.25) is 0 Å². The van der Waals surface area contributed by atoms with Gasteiger partial charge in [0, 0.05) is 32.2 Å². The van der Waals surface area contributed by atoms with Gasteiger partial charge in [0.15, 0.2) is 6.61 Å². The molecule has 2 aromatic rings. The van der Waals surface area contributed by atoms with Crippen LogP contribution in [0.5, 0.6) is 5.75 Å². The summed E-state index contributed by atoms with van der Waals surface area (Å²) in [6.07, 6.45) is 0. The van der Waals surface area contributed by atoms with Crippen LogP contribution in [0.15, 0.2) is 54.6 Å². The first-order valence-corrected chi connectivity index (χ1v) is 8.56. The Bertz CT molecular complexity index is 691. The van der Waals surface area contributed by atoms with Crippen LogP contribution in [0, 0.1) is 5.82 Å². The van der Waals surface area contributed by atoms with E-state index in [-0.39, 0.29) is 24.4 Å². The zero-order valence-corrected chi connectivity index (χ0v) is 14.4. The number of carbonyl (C=O) groups is 1. The number of amides is 1. The molecule has 1 amide bonds. The predicted molar refractivity (Wildman–Crippen MR) is 94.8 cm³/mol. The van der Waals surface area contributed by atoms with Gasteiger partial charge in [0.1, 0.15) is 11.6 Å². The van der Waals surface area contributed by atoms with Gasteiger partial charge >= 0.3 is 0 Å². The van der Waals surface area contributed by atoms with Crippen LogP contribution in [0.25, 0.3) is 0 Å². The van der Waals surface area contributed by atoms with Crippen molar-refractivity contribution in [3.05, 3.63) is 66.0 Å². The van der Waals surface area contributed by atoms with Gasteiger partial charge < -0.3 is 9.64 Å². The molecule has 1 heterocycles. The molecular weight excluding hydrogens is 319 g/mol. The molecule has 0 spiro atoms. The normalized spacial score (nSPS) is 18.2. The fourth-order valence-corrected chi connectivity index (χ4v) is 3.14. The molecule has 0 radical (unpaired) electrons. The first-order valence-electron chi connectivity index (χ1n) is 8.56. The van der Waals surface area contributed by atoms with Gasteiger partial charge in [0.05, 0.1) is 0 Å². The van der Waals surface area contributed by atoms with Crippen LogP contribution >= 0.6 is 0 Å². The summed E-state index contributed by atoms with van der Waals surface area (Å²) in [7, 11) is 0. The SMILES string of the molecule is CC1CN(Cc2ccc(F)cc2)CCN1C(=O)COc1ccccc1. The predicted octanol–water partition coefficient (Wildman–Crippen LogP) is 2.94. The van der Waals surface area contributed by atoms with E-state index in [0.29, 0.717) is 12.3 Å².